The van der Waals surface area contributed by atoms with Gasteiger partial charge < -0.3 is 24.4 Å². The molecule has 0 aromatic heterocycles. The van der Waals surface area contributed by atoms with Crippen molar-refractivity contribution in [2.24, 2.45) is 0 Å². The van der Waals surface area contributed by atoms with Gasteiger partial charge in [-0.3, -0.25) is 14.5 Å². The van der Waals surface area contributed by atoms with E-state index in [1.165, 1.54) is 4.90 Å². The van der Waals surface area contributed by atoms with Crippen molar-refractivity contribution in [2.45, 2.75) is 19.9 Å². The lowest BCUT2D eigenvalue weighted by Crippen LogP contribution is -2.29. The van der Waals surface area contributed by atoms with Crippen molar-refractivity contribution in [2.75, 3.05) is 56.1 Å². The highest BCUT2D eigenvalue weighted by Gasteiger charge is 2.47. The Hall–Kier alpha value is -4.46. The lowest BCUT2D eigenvalue weighted by atomic mass is 9.94. The van der Waals surface area contributed by atoms with E-state index in [0.717, 1.165) is 11.4 Å². The van der Waals surface area contributed by atoms with E-state index in [9.17, 15) is 14.7 Å². The van der Waals surface area contributed by atoms with Crippen molar-refractivity contribution in [3.8, 4) is 11.5 Å². The smallest absolute Gasteiger partial charge is 0.300 e. The Balaban J connectivity index is 1.92. The molecule has 0 bridgehead atoms. The molecule has 0 spiro atoms. The fourth-order valence-corrected chi connectivity index (χ4v) is 4.66. The zero-order valence-corrected chi connectivity index (χ0v) is 23.3. The van der Waals surface area contributed by atoms with E-state index in [-0.39, 0.29) is 11.3 Å². The van der Waals surface area contributed by atoms with Crippen LogP contribution in [0.5, 0.6) is 11.5 Å². The largest absolute Gasteiger partial charge is 0.507 e. The van der Waals surface area contributed by atoms with E-state index >= 15 is 0 Å². The van der Waals surface area contributed by atoms with Gasteiger partial charge in [-0.1, -0.05) is 12.1 Å². The first-order chi connectivity index (χ1) is 18.7. The molecule has 3 aromatic carbocycles. The van der Waals surface area contributed by atoms with Gasteiger partial charge >= 0.3 is 0 Å². The number of hydrogen-bond acceptors (Lipinski definition) is 7. The maximum atomic E-state index is 13.6. The normalized spacial score (nSPS) is 16.4. The van der Waals surface area contributed by atoms with E-state index in [4.69, 9.17) is 9.47 Å². The third kappa shape index (κ3) is 5.41. The van der Waals surface area contributed by atoms with Gasteiger partial charge in [-0.2, -0.15) is 0 Å². The Kier molecular flexibility index (Phi) is 8.14. The highest BCUT2D eigenvalue weighted by atomic mass is 16.5. The van der Waals surface area contributed by atoms with Crippen LogP contribution in [-0.2, 0) is 9.59 Å². The zero-order valence-electron chi connectivity index (χ0n) is 23.3. The van der Waals surface area contributed by atoms with E-state index in [1.807, 2.05) is 100 Å². The van der Waals surface area contributed by atoms with Crippen LogP contribution >= 0.6 is 0 Å². The summed E-state index contributed by atoms with van der Waals surface area (Å²) >= 11 is 0. The summed E-state index contributed by atoms with van der Waals surface area (Å²) in [6.07, 6.45) is 0. The number of aliphatic hydroxyl groups is 1. The van der Waals surface area contributed by atoms with Gasteiger partial charge in [0.1, 0.15) is 17.3 Å². The molecule has 3 aromatic rings. The first-order valence-electron chi connectivity index (χ1n) is 12.9. The number of rotatable bonds is 9. The van der Waals surface area contributed by atoms with Gasteiger partial charge in [0.05, 0.1) is 30.4 Å². The molecule has 1 amide bonds. The molecule has 1 fully saturated rings. The Morgan fingerprint density at radius 2 is 1.38 bits per heavy atom. The number of carbonyl (C=O) groups is 2. The second kappa shape index (κ2) is 11.5. The van der Waals surface area contributed by atoms with Crippen molar-refractivity contribution in [3.63, 3.8) is 0 Å². The quantitative estimate of drug-likeness (QED) is 0.231. The second-order valence-electron chi connectivity index (χ2n) is 9.59. The molecule has 1 aliphatic rings. The number of benzene rings is 3. The van der Waals surface area contributed by atoms with E-state index in [0.29, 0.717) is 41.5 Å². The van der Waals surface area contributed by atoms with Gasteiger partial charge in [0.2, 0.25) is 0 Å². The van der Waals surface area contributed by atoms with Crippen molar-refractivity contribution < 1.29 is 24.2 Å². The zero-order chi connectivity index (χ0) is 28.3. The second-order valence-corrected chi connectivity index (χ2v) is 9.59. The highest BCUT2D eigenvalue weighted by molar-refractivity contribution is 6.51. The average Bonchev–Trinajstić information content (AvgIpc) is 3.19. The monoisotopic (exact) mass is 529 g/mol. The Labute approximate surface area is 229 Å². The summed E-state index contributed by atoms with van der Waals surface area (Å²) < 4.78 is 11.4. The van der Waals surface area contributed by atoms with Gasteiger partial charge in [0.15, 0.2) is 0 Å². The van der Waals surface area contributed by atoms with Crippen LogP contribution in [0.2, 0.25) is 0 Å². The molecule has 0 aliphatic carbocycles. The molecule has 1 N–H and O–H groups in total. The summed E-state index contributed by atoms with van der Waals surface area (Å²) in [5, 5.41) is 11.6. The first-order valence-corrected chi connectivity index (χ1v) is 12.9. The predicted molar refractivity (Wildman–Crippen MR) is 155 cm³/mol. The Bertz CT molecular complexity index is 1380. The molecule has 0 radical (unpaired) electrons. The predicted octanol–water partition coefficient (Wildman–Crippen LogP) is 5.24. The van der Waals surface area contributed by atoms with Gasteiger partial charge in [-0.25, -0.2) is 0 Å². The maximum Gasteiger partial charge on any atom is 0.300 e. The molecule has 0 saturated carbocycles. The summed E-state index contributed by atoms with van der Waals surface area (Å²) in [5.41, 5.74) is 3.49. The summed E-state index contributed by atoms with van der Waals surface area (Å²) in [5.74, 6) is -0.824. The lowest BCUT2D eigenvalue weighted by Gasteiger charge is -2.26. The molecule has 39 heavy (non-hydrogen) atoms. The first kappa shape index (κ1) is 27.6. The minimum Gasteiger partial charge on any atom is -0.507 e. The number of anilines is 3. The van der Waals surface area contributed by atoms with Crippen LogP contribution in [0, 0.1) is 0 Å². The van der Waals surface area contributed by atoms with Crippen LogP contribution in [0.25, 0.3) is 5.76 Å². The van der Waals surface area contributed by atoms with Crippen molar-refractivity contribution in [3.05, 3.63) is 83.4 Å². The molecule has 8 nitrogen and oxygen atoms in total. The number of ether oxygens (including phenoxy) is 2. The van der Waals surface area contributed by atoms with Crippen LogP contribution in [0.3, 0.4) is 0 Å². The SMILES string of the molecule is CCOc1ccc(/C(O)=C2/C(=O)C(=O)N(c3ccc(N(C)C)cc3)C2c2ccc(N(C)C)cc2)c(OCC)c1. The number of nitrogens with zero attached hydrogens (tertiary/aromatic N) is 3. The summed E-state index contributed by atoms with van der Waals surface area (Å²) in [4.78, 5) is 32.5. The molecular weight excluding hydrogens is 494 g/mol. The lowest BCUT2D eigenvalue weighted by molar-refractivity contribution is -0.132. The molecular formula is C31H35N3O5. The number of aliphatic hydroxyl groups excluding tert-OH is 1. The van der Waals surface area contributed by atoms with Crippen molar-refractivity contribution in [1.82, 2.24) is 0 Å². The highest BCUT2D eigenvalue weighted by Crippen LogP contribution is 2.44. The summed E-state index contributed by atoms with van der Waals surface area (Å²) in [7, 11) is 7.74. The topological polar surface area (TPSA) is 82.5 Å². The molecule has 1 aliphatic heterocycles. The number of ketones is 1. The average molecular weight is 530 g/mol. The van der Waals surface area contributed by atoms with E-state index < -0.39 is 17.7 Å². The van der Waals surface area contributed by atoms with Gasteiger partial charge in [-0.05, 0) is 67.9 Å². The summed E-state index contributed by atoms with van der Waals surface area (Å²) in [6.45, 7) is 4.53. The van der Waals surface area contributed by atoms with Crippen LogP contribution in [0.4, 0.5) is 17.1 Å². The third-order valence-corrected chi connectivity index (χ3v) is 6.63. The van der Waals surface area contributed by atoms with Crippen LogP contribution in [-0.4, -0.2) is 58.2 Å². The minimum absolute atomic E-state index is 0.000554. The molecule has 204 valence electrons. The van der Waals surface area contributed by atoms with E-state index in [1.54, 1.807) is 18.2 Å². The minimum atomic E-state index is -0.840. The fraction of sp³-hybridized carbons (Fsp3) is 0.290. The Morgan fingerprint density at radius 1 is 0.821 bits per heavy atom. The number of carbonyl (C=O) groups excluding carboxylic acids is 2. The molecule has 1 atom stereocenters. The van der Waals surface area contributed by atoms with Crippen LogP contribution in [0.1, 0.15) is 31.0 Å². The third-order valence-electron chi connectivity index (χ3n) is 6.63. The van der Waals surface area contributed by atoms with Gasteiger partial charge in [-0.15, -0.1) is 0 Å². The molecule has 1 unspecified atom stereocenters. The standard InChI is InChI=1S/C31H35N3O5/c1-7-38-24-17-18-25(26(19-24)39-8-2)29(35)27-28(20-9-11-21(12-10-20)32(3)4)34(31(37)30(27)36)23-15-13-22(14-16-23)33(5)6/h9-19,28,35H,7-8H2,1-6H3/b29-27-. The molecule has 4 rings (SSSR count). The van der Waals surface area contributed by atoms with Crippen molar-refractivity contribution >= 4 is 34.5 Å². The van der Waals surface area contributed by atoms with Gasteiger partial charge in [0.25, 0.3) is 11.7 Å². The number of hydrogen-bond donors (Lipinski definition) is 1. The maximum absolute atomic E-state index is 13.6. The van der Waals surface area contributed by atoms with E-state index in [2.05, 4.69) is 0 Å². The molecule has 1 heterocycles. The number of Topliss-reactive ketones (excluding diaryl/α,β-unsaturated/α-hetero) is 1. The van der Waals surface area contributed by atoms with Crippen molar-refractivity contribution in [1.29, 1.82) is 0 Å². The Morgan fingerprint density at radius 3 is 1.92 bits per heavy atom. The fourth-order valence-electron chi connectivity index (χ4n) is 4.66. The van der Waals surface area contributed by atoms with Crippen LogP contribution in [0.15, 0.2) is 72.3 Å². The molecule has 8 heteroatoms. The summed E-state index contributed by atoms with van der Waals surface area (Å²) in [6, 6.07) is 19.2. The number of amides is 1. The molecule has 1 saturated heterocycles. The van der Waals surface area contributed by atoms with Gasteiger partial charge in [0, 0.05) is 51.3 Å². The van der Waals surface area contributed by atoms with Crippen LogP contribution < -0.4 is 24.2 Å².